The smallest absolute Gasteiger partial charge is 0.253 e. The molecule has 4 amide bonds. The van der Waals surface area contributed by atoms with Gasteiger partial charge in [-0.05, 0) is 11.6 Å². The molecule has 25 heavy (non-hydrogen) atoms. The van der Waals surface area contributed by atoms with E-state index in [1.807, 2.05) is 36.2 Å². The number of carbonyl (C=O) groups excluding carboxylic acids is 4. The molecule has 1 aromatic carbocycles. The number of rotatable bonds is 3. The van der Waals surface area contributed by atoms with E-state index in [9.17, 15) is 19.2 Å². The molecule has 0 bridgehead atoms. The number of fused-ring (bicyclic) bond motifs is 3. The number of para-hydroxylation sites is 1. The van der Waals surface area contributed by atoms with Crippen LogP contribution in [-0.4, -0.2) is 60.1 Å². The highest BCUT2D eigenvalue weighted by Gasteiger charge is 2.51. The van der Waals surface area contributed by atoms with Crippen LogP contribution < -0.4 is 4.90 Å². The van der Waals surface area contributed by atoms with Gasteiger partial charge in [0.05, 0.1) is 11.8 Å². The Labute approximate surface area is 144 Å². The Morgan fingerprint density at radius 3 is 2.28 bits per heavy atom. The van der Waals surface area contributed by atoms with Gasteiger partial charge in [-0.1, -0.05) is 18.2 Å². The summed E-state index contributed by atoms with van der Waals surface area (Å²) in [5.41, 5.74) is 1.82. The van der Waals surface area contributed by atoms with Crippen LogP contribution >= 0.6 is 0 Å². The lowest BCUT2D eigenvalue weighted by atomic mass is 9.83. The van der Waals surface area contributed by atoms with E-state index in [2.05, 4.69) is 0 Å². The second-order valence-corrected chi connectivity index (χ2v) is 6.51. The summed E-state index contributed by atoms with van der Waals surface area (Å²) in [5.74, 6) is -2.21. The summed E-state index contributed by atoms with van der Waals surface area (Å²) in [4.78, 5) is 53.1. The number of anilines is 1. The van der Waals surface area contributed by atoms with Gasteiger partial charge in [-0.3, -0.25) is 29.0 Å². The summed E-state index contributed by atoms with van der Waals surface area (Å²) < 4.78 is 0. The first-order valence-electron chi connectivity index (χ1n) is 8.18. The molecular formula is C18H17N3O4. The molecule has 128 valence electrons. The molecule has 1 saturated heterocycles. The lowest BCUT2D eigenvalue weighted by Gasteiger charge is -2.33. The molecule has 0 N–H and O–H groups in total. The van der Waals surface area contributed by atoms with Gasteiger partial charge in [0.25, 0.3) is 11.8 Å². The Morgan fingerprint density at radius 1 is 0.920 bits per heavy atom. The minimum Gasteiger partial charge on any atom is -0.374 e. The van der Waals surface area contributed by atoms with Crippen molar-refractivity contribution in [1.82, 2.24) is 9.80 Å². The number of benzene rings is 1. The van der Waals surface area contributed by atoms with Crippen LogP contribution in [-0.2, 0) is 19.2 Å². The number of carbonyl (C=O) groups is 4. The maximum Gasteiger partial charge on any atom is 0.253 e. The summed E-state index contributed by atoms with van der Waals surface area (Å²) in [6.45, 7) is 0.542. The third-order valence-corrected chi connectivity index (χ3v) is 5.12. The van der Waals surface area contributed by atoms with Crippen molar-refractivity contribution >= 4 is 29.3 Å². The van der Waals surface area contributed by atoms with E-state index in [1.54, 1.807) is 0 Å². The zero-order valence-electron chi connectivity index (χ0n) is 13.7. The first kappa shape index (κ1) is 15.6. The molecule has 4 rings (SSSR count). The molecule has 3 aliphatic heterocycles. The fourth-order valence-corrected chi connectivity index (χ4v) is 3.89. The molecule has 0 radical (unpaired) electrons. The molecule has 1 fully saturated rings. The molecule has 2 atom stereocenters. The van der Waals surface area contributed by atoms with E-state index in [-0.39, 0.29) is 24.9 Å². The summed E-state index contributed by atoms with van der Waals surface area (Å²) in [6, 6.07) is 7.60. The zero-order valence-corrected chi connectivity index (χ0v) is 13.7. The minimum atomic E-state index is -0.483. The van der Waals surface area contributed by atoms with Crippen LogP contribution in [0.4, 0.5) is 5.69 Å². The monoisotopic (exact) mass is 339 g/mol. The van der Waals surface area contributed by atoms with Crippen LogP contribution in [0.2, 0.25) is 0 Å². The van der Waals surface area contributed by atoms with E-state index < -0.39 is 23.7 Å². The van der Waals surface area contributed by atoms with Crippen molar-refractivity contribution in [1.29, 1.82) is 0 Å². The van der Waals surface area contributed by atoms with Crippen molar-refractivity contribution in [2.75, 3.05) is 31.6 Å². The summed E-state index contributed by atoms with van der Waals surface area (Å²) in [6.07, 6.45) is 2.39. The van der Waals surface area contributed by atoms with Gasteiger partial charge in [0.15, 0.2) is 0 Å². The van der Waals surface area contributed by atoms with Crippen molar-refractivity contribution in [3.63, 3.8) is 0 Å². The van der Waals surface area contributed by atoms with Crippen molar-refractivity contribution < 1.29 is 19.2 Å². The topological polar surface area (TPSA) is 78.0 Å². The molecule has 3 aliphatic rings. The molecule has 0 unspecified atom stereocenters. The lowest BCUT2D eigenvalue weighted by Crippen LogP contribution is -2.41. The third kappa shape index (κ3) is 2.26. The first-order chi connectivity index (χ1) is 12.0. The highest BCUT2D eigenvalue weighted by Crippen LogP contribution is 2.43. The molecule has 0 aromatic heterocycles. The number of amides is 4. The van der Waals surface area contributed by atoms with Crippen LogP contribution in [0.25, 0.3) is 0 Å². The Balaban J connectivity index is 1.57. The van der Waals surface area contributed by atoms with E-state index in [4.69, 9.17) is 0 Å². The van der Waals surface area contributed by atoms with Gasteiger partial charge >= 0.3 is 0 Å². The molecule has 7 heteroatoms. The second kappa shape index (κ2) is 5.54. The maximum atomic E-state index is 12.9. The van der Waals surface area contributed by atoms with Gasteiger partial charge in [0.2, 0.25) is 11.8 Å². The highest BCUT2D eigenvalue weighted by molar-refractivity contribution is 6.13. The molecule has 1 aromatic rings. The Morgan fingerprint density at radius 2 is 1.56 bits per heavy atom. The van der Waals surface area contributed by atoms with E-state index in [1.165, 1.54) is 17.1 Å². The van der Waals surface area contributed by atoms with Crippen LogP contribution in [0, 0.1) is 5.92 Å². The normalized spacial score (nSPS) is 25.1. The van der Waals surface area contributed by atoms with Crippen molar-refractivity contribution in [3.8, 4) is 0 Å². The SMILES string of the molecule is CN1C[C@H]2C(=O)N(CCN3C(=O)C=CC3=O)C(=O)[C@H]2c2ccccc21. The number of hydrogen-bond donors (Lipinski definition) is 0. The summed E-state index contributed by atoms with van der Waals surface area (Å²) in [5, 5.41) is 0. The van der Waals surface area contributed by atoms with Gasteiger partial charge in [-0.2, -0.15) is 0 Å². The molecule has 0 spiro atoms. The van der Waals surface area contributed by atoms with Crippen molar-refractivity contribution in [2.24, 2.45) is 5.92 Å². The van der Waals surface area contributed by atoms with Gasteiger partial charge in [-0.25, -0.2) is 0 Å². The Hall–Kier alpha value is -2.96. The fraction of sp³-hybridized carbons (Fsp3) is 0.333. The van der Waals surface area contributed by atoms with Crippen molar-refractivity contribution in [2.45, 2.75) is 5.92 Å². The van der Waals surface area contributed by atoms with Crippen LogP contribution in [0.15, 0.2) is 36.4 Å². The number of hydrogen-bond acceptors (Lipinski definition) is 5. The van der Waals surface area contributed by atoms with Crippen molar-refractivity contribution in [3.05, 3.63) is 42.0 Å². The van der Waals surface area contributed by atoms with Crippen LogP contribution in [0.3, 0.4) is 0 Å². The van der Waals surface area contributed by atoms with Crippen LogP contribution in [0.5, 0.6) is 0 Å². The van der Waals surface area contributed by atoms with Gasteiger partial charge in [0.1, 0.15) is 0 Å². The first-order valence-corrected chi connectivity index (χ1v) is 8.18. The zero-order chi connectivity index (χ0) is 17.7. The summed E-state index contributed by atoms with van der Waals surface area (Å²) in [7, 11) is 1.91. The molecule has 0 saturated carbocycles. The van der Waals surface area contributed by atoms with Crippen LogP contribution in [0.1, 0.15) is 11.5 Å². The number of imide groups is 2. The molecular weight excluding hydrogens is 322 g/mol. The quantitative estimate of drug-likeness (QED) is 0.732. The average molecular weight is 339 g/mol. The maximum absolute atomic E-state index is 12.9. The van der Waals surface area contributed by atoms with E-state index in [0.717, 1.165) is 16.2 Å². The third-order valence-electron chi connectivity index (χ3n) is 5.12. The Kier molecular flexibility index (Phi) is 3.45. The van der Waals surface area contributed by atoms with Gasteiger partial charge in [0, 0.05) is 44.5 Å². The number of likely N-dealkylation sites (tertiary alicyclic amines) is 1. The molecule has 0 aliphatic carbocycles. The van der Waals surface area contributed by atoms with Gasteiger partial charge in [-0.15, -0.1) is 0 Å². The van der Waals surface area contributed by atoms with E-state index >= 15 is 0 Å². The van der Waals surface area contributed by atoms with Gasteiger partial charge < -0.3 is 4.90 Å². The average Bonchev–Trinajstić information content (AvgIpc) is 3.04. The molecule has 3 heterocycles. The predicted molar refractivity (Wildman–Crippen MR) is 88.5 cm³/mol. The Bertz CT molecular complexity index is 813. The minimum absolute atomic E-state index is 0.0269. The number of nitrogens with zero attached hydrogens (tertiary/aromatic N) is 3. The fourth-order valence-electron chi connectivity index (χ4n) is 3.89. The predicted octanol–water partition coefficient (Wildman–Crippen LogP) is 0.130. The second-order valence-electron chi connectivity index (χ2n) is 6.51. The highest BCUT2D eigenvalue weighted by atomic mass is 16.2. The summed E-state index contributed by atoms with van der Waals surface area (Å²) >= 11 is 0. The lowest BCUT2D eigenvalue weighted by molar-refractivity contribution is -0.143. The standard InChI is InChI=1S/C18H17N3O4/c1-19-10-12-16(11-4-2-3-5-13(11)19)18(25)21(17(12)24)9-8-20-14(22)6-7-15(20)23/h2-7,12,16H,8-10H2,1H3/t12-,16+/m1/s1. The molecule has 7 nitrogen and oxygen atoms in total. The largest absolute Gasteiger partial charge is 0.374 e. The van der Waals surface area contributed by atoms with E-state index in [0.29, 0.717) is 6.54 Å².